The first-order valence-corrected chi connectivity index (χ1v) is 7.00. The highest BCUT2D eigenvalue weighted by Crippen LogP contribution is 2.23. The molecule has 5 heteroatoms. The van der Waals surface area contributed by atoms with Crippen molar-refractivity contribution in [2.75, 3.05) is 5.32 Å². The minimum absolute atomic E-state index is 0.0989. The van der Waals surface area contributed by atoms with Crippen molar-refractivity contribution in [3.63, 3.8) is 0 Å². The summed E-state index contributed by atoms with van der Waals surface area (Å²) in [6, 6.07) is 10.1. The Hall–Kier alpha value is -2.56. The number of fused-ring (bicyclic) bond motifs is 1. The first-order valence-electron chi connectivity index (χ1n) is 7.00. The molecule has 0 atom stereocenters. The number of hydrogen-bond acceptors (Lipinski definition) is 4. The van der Waals surface area contributed by atoms with Crippen molar-refractivity contribution in [2.24, 2.45) is 0 Å². The van der Waals surface area contributed by atoms with E-state index in [9.17, 15) is 0 Å². The van der Waals surface area contributed by atoms with Crippen LogP contribution in [0.5, 0.6) is 5.88 Å². The van der Waals surface area contributed by atoms with E-state index in [2.05, 4.69) is 38.7 Å². The molecule has 0 aliphatic rings. The summed E-state index contributed by atoms with van der Waals surface area (Å²) in [4.78, 5) is 4.27. The predicted octanol–water partition coefficient (Wildman–Crippen LogP) is 3.36. The summed E-state index contributed by atoms with van der Waals surface area (Å²) in [5.74, 6) is 0.634. The fourth-order valence-electron chi connectivity index (χ4n) is 2.13. The lowest BCUT2D eigenvalue weighted by atomic mass is 10.1. The van der Waals surface area contributed by atoms with Crippen molar-refractivity contribution >= 4 is 16.6 Å². The van der Waals surface area contributed by atoms with E-state index in [4.69, 9.17) is 4.74 Å². The molecule has 5 nitrogen and oxygen atoms in total. The molecule has 1 aromatic carbocycles. The minimum Gasteiger partial charge on any atom is -0.473 e. The van der Waals surface area contributed by atoms with Gasteiger partial charge in [0.25, 0.3) is 0 Å². The zero-order chi connectivity index (χ0) is 14.7. The summed E-state index contributed by atoms with van der Waals surface area (Å²) in [7, 11) is 0. The number of rotatable bonds is 5. The molecule has 0 unspecified atom stereocenters. The molecule has 2 aromatic heterocycles. The monoisotopic (exact) mass is 282 g/mol. The van der Waals surface area contributed by atoms with Gasteiger partial charge in [-0.3, -0.25) is 5.10 Å². The molecule has 0 spiro atoms. The Labute approximate surface area is 123 Å². The second kappa shape index (κ2) is 5.83. The molecule has 2 heterocycles. The molecule has 108 valence electrons. The van der Waals surface area contributed by atoms with Crippen LogP contribution in [0, 0.1) is 0 Å². The molecule has 0 radical (unpaired) electrons. The molecular formula is C16H18N4O. The summed E-state index contributed by atoms with van der Waals surface area (Å²) >= 11 is 0. The third-order valence-corrected chi connectivity index (χ3v) is 3.11. The van der Waals surface area contributed by atoms with Crippen molar-refractivity contribution in [1.29, 1.82) is 0 Å². The van der Waals surface area contributed by atoms with E-state index in [1.807, 2.05) is 32.2 Å². The maximum absolute atomic E-state index is 5.70. The molecule has 0 saturated heterocycles. The van der Waals surface area contributed by atoms with Gasteiger partial charge in [-0.1, -0.05) is 12.1 Å². The fraction of sp³-hybridized carbons (Fsp3) is 0.250. The Morgan fingerprint density at radius 1 is 1.29 bits per heavy atom. The Kier molecular flexibility index (Phi) is 3.73. The zero-order valence-electron chi connectivity index (χ0n) is 12.1. The lowest BCUT2D eigenvalue weighted by Crippen LogP contribution is -2.10. The van der Waals surface area contributed by atoms with Gasteiger partial charge in [-0.05, 0) is 37.6 Å². The smallest absolute Gasteiger partial charge is 0.237 e. The lowest BCUT2D eigenvalue weighted by molar-refractivity contribution is 0.234. The van der Waals surface area contributed by atoms with Gasteiger partial charge in [-0.2, -0.15) is 5.10 Å². The Morgan fingerprint density at radius 2 is 2.19 bits per heavy atom. The summed E-state index contributed by atoms with van der Waals surface area (Å²) in [6.07, 6.45) is 3.66. The van der Waals surface area contributed by atoms with Gasteiger partial charge in [0, 0.05) is 18.1 Å². The topological polar surface area (TPSA) is 62.8 Å². The van der Waals surface area contributed by atoms with Crippen LogP contribution in [0.1, 0.15) is 19.4 Å². The van der Waals surface area contributed by atoms with Crippen LogP contribution >= 0.6 is 0 Å². The van der Waals surface area contributed by atoms with Crippen molar-refractivity contribution in [2.45, 2.75) is 26.5 Å². The van der Waals surface area contributed by atoms with E-state index in [0.29, 0.717) is 12.4 Å². The van der Waals surface area contributed by atoms with E-state index in [0.717, 1.165) is 16.6 Å². The van der Waals surface area contributed by atoms with E-state index < -0.39 is 0 Å². The maximum Gasteiger partial charge on any atom is 0.237 e. The number of H-pyrrole nitrogens is 1. The summed E-state index contributed by atoms with van der Waals surface area (Å²) < 4.78 is 5.70. The highest BCUT2D eigenvalue weighted by molar-refractivity contribution is 5.78. The molecule has 21 heavy (non-hydrogen) atoms. The number of nitrogens with one attached hydrogen (secondary N) is 2. The summed E-state index contributed by atoms with van der Waals surface area (Å²) in [5, 5.41) is 11.5. The van der Waals surface area contributed by atoms with Crippen LogP contribution in [0.3, 0.4) is 0 Å². The van der Waals surface area contributed by atoms with Crippen molar-refractivity contribution in [3.05, 3.63) is 48.3 Å². The van der Waals surface area contributed by atoms with Gasteiger partial charge in [0.2, 0.25) is 5.88 Å². The summed E-state index contributed by atoms with van der Waals surface area (Å²) in [6.45, 7) is 4.68. The van der Waals surface area contributed by atoms with Crippen LogP contribution in [0.2, 0.25) is 0 Å². The lowest BCUT2D eigenvalue weighted by Gasteiger charge is -2.14. The second-order valence-electron chi connectivity index (χ2n) is 5.17. The van der Waals surface area contributed by atoms with Crippen LogP contribution in [-0.2, 0) is 6.54 Å². The predicted molar refractivity (Wildman–Crippen MR) is 83.4 cm³/mol. The normalized spacial score (nSPS) is 11.0. The average Bonchev–Trinajstić information content (AvgIpc) is 2.93. The molecular weight excluding hydrogens is 264 g/mol. The number of ether oxygens (including phenoxy) is 1. The summed E-state index contributed by atoms with van der Waals surface area (Å²) in [5.41, 5.74) is 3.11. The minimum atomic E-state index is 0.0989. The Morgan fingerprint density at radius 3 is 3.05 bits per heavy atom. The molecule has 0 bridgehead atoms. The van der Waals surface area contributed by atoms with Gasteiger partial charge in [-0.15, -0.1) is 0 Å². The maximum atomic E-state index is 5.70. The van der Waals surface area contributed by atoms with E-state index >= 15 is 0 Å². The molecule has 0 aliphatic carbocycles. The van der Waals surface area contributed by atoms with Gasteiger partial charge in [0.05, 0.1) is 23.5 Å². The van der Waals surface area contributed by atoms with Crippen molar-refractivity contribution < 1.29 is 4.74 Å². The number of pyridine rings is 1. The van der Waals surface area contributed by atoms with Gasteiger partial charge < -0.3 is 10.1 Å². The molecule has 0 saturated carbocycles. The van der Waals surface area contributed by atoms with Crippen LogP contribution in [0.4, 0.5) is 5.69 Å². The molecule has 3 aromatic rings. The largest absolute Gasteiger partial charge is 0.473 e. The number of aromatic amines is 1. The van der Waals surface area contributed by atoms with Crippen LogP contribution in [0.15, 0.2) is 42.7 Å². The first kappa shape index (κ1) is 13.4. The average molecular weight is 282 g/mol. The van der Waals surface area contributed by atoms with Crippen LogP contribution in [-0.4, -0.2) is 21.3 Å². The van der Waals surface area contributed by atoms with Gasteiger partial charge in [0.1, 0.15) is 0 Å². The van der Waals surface area contributed by atoms with Crippen LogP contribution in [0.25, 0.3) is 10.9 Å². The van der Waals surface area contributed by atoms with E-state index in [1.54, 1.807) is 6.20 Å². The third kappa shape index (κ3) is 3.13. The van der Waals surface area contributed by atoms with Crippen LogP contribution < -0.4 is 10.1 Å². The van der Waals surface area contributed by atoms with E-state index in [1.165, 1.54) is 5.56 Å². The zero-order valence-corrected chi connectivity index (χ0v) is 12.1. The highest BCUT2D eigenvalue weighted by atomic mass is 16.5. The van der Waals surface area contributed by atoms with Crippen molar-refractivity contribution in [1.82, 2.24) is 15.2 Å². The number of hydrogen-bond donors (Lipinski definition) is 2. The fourth-order valence-corrected chi connectivity index (χ4v) is 2.13. The first-order chi connectivity index (χ1) is 10.2. The SMILES string of the molecule is CC(C)Oc1ncccc1NCc1ccc2cn[nH]c2c1. The van der Waals surface area contributed by atoms with Gasteiger partial charge in [0.15, 0.2) is 0 Å². The molecule has 0 aliphatic heterocycles. The molecule has 0 fully saturated rings. The quantitative estimate of drug-likeness (QED) is 0.753. The Bertz CT molecular complexity index is 736. The number of anilines is 1. The van der Waals surface area contributed by atoms with Gasteiger partial charge in [-0.25, -0.2) is 4.98 Å². The number of benzene rings is 1. The number of nitrogens with zero attached hydrogens (tertiary/aromatic N) is 2. The standard InChI is InChI=1S/C16H18N4O/c1-11(2)21-16-14(4-3-7-17-16)18-9-12-5-6-13-10-19-20-15(13)8-12/h3-8,10-11,18H,9H2,1-2H3,(H,19,20). The third-order valence-electron chi connectivity index (χ3n) is 3.11. The molecule has 0 amide bonds. The van der Waals surface area contributed by atoms with Gasteiger partial charge >= 0.3 is 0 Å². The second-order valence-corrected chi connectivity index (χ2v) is 5.17. The number of aromatic nitrogens is 3. The van der Waals surface area contributed by atoms with E-state index in [-0.39, 0.29) is 6.10 Å². The molecule has 2 N–H and O–H groups in total. The highest BCUT2D eigenvalue weighted by Gasteiger charge is 2.06. The Balaban J connectivity index is 1.74. The molecule has 3 rings (SSSR count). The van der Waals surface area contributed by atoms with Crippen molar-refractivity contribution in [3.8, 4) is 5.88 Å².